The first-order valence-corrected chi connectivity index (χ1v) is 7.88. The van der Waals surface area contributed by atoms with Crippen molar-refractivity contribution in [3.05, 3.63) is 59.7 Å². The molecule has 5 nitrogen and oxygen atoms in total. The number of hydrogen-bond donors (Lipinski definition) is 1. The lowest BCUT2D eigenvalue weighted by Gasteiger charge is -2.02. The van der Waals surface area contributed by atoms with Gasteiger partial charge in [-0.05, 0) is 29.8 Å². The molecule has 0 spiro atoms. The van der Waals surface area contributed by atoms with Crippen LogP contribution in [-0.2, 0) is 16.6 Å². The summed E-state index contributed by atoms with van der Waals surface area (Å²) < 4.78 is 31.5. The maximum absolute atomic E-state index is 11.9. The second-order valence-corrected chi connectivity index (χ2v) is 6.27. The summed E-state index contributed by atoms with van der Waals surface area (Å²) in [6.07, 6.45) is 0. The molecule has 0 atom stereocenters. The molecule has 3 rings (SSSR count). The molecule has 21 heavy (non-hydrogen) atoms. The van der Waals surface area contributed by atoms with E-state index in [0.29, 0.717) is 17.9 Å². The van der Waals surface area contributed by atoms with Crippen molar-refractivity contribution < 1.29 is 13.2 Å². The van der Waals surface area contributed by atoms with Gasteiger partial charge in [0.15, 0.2) is 0 Å². The van der Waals surface area contributed by atoms with E-state index in [9.17, 15) is 8.42 Å². The predicted octanol–water partition coefficient (Wildman–Crippen LogP) is 1.93. The van der Waals surface area contributed by atoms with Crippen LogP contribution in [0.4, 0.5) is 0 Å². The molecule has 1 aliphatic rings. The molecule has 0 fully saturated rings. The van der Waals surface area contributed by atoms with E-state index in [1.807, 2.05) is 24.3 Å². The van der Waals surface area contributed by atoms with Gasteiger partial charge in [-0.2, -0.15) is 0 Å². The molecule has 0 radical (unpaired) electrons. The average Bonchev–Trinajstić information content (AvgIpc) is 2.77. The SMILES string of the molecule is COc1ccc(CN=C2NS(=O)(=O)c3ccccc32)cc1. The van der Waals surface area contributed by atoms with Crippen LogP contribution >= 0.6 is 0 Å². The van der Waals surface area contributed by atoms with Crippen LogP contribution in [0.5, 0.6) is 5.75 Å². The van der Waals surface area contributed by atoms with Crippen molar-refractivity contribution in [1.82, 2.24) is 4.72 Å². The fourth-order valence-corrected chi connectivity index (χ4v) is 3.40. The van der Waals surface area contributed by atoms with E-state index in [1.165, 1.54) is 0 Å². The lowest BCUT2D eigenvalue weighted by Crippen LogP contribution is -2.22. The van der Waals surface area contributed by atoms with E-state index in [4.69, 9.17) is 4.74 Å². The molecule has 0 amide bonds. The number of nitrogens with zero attached hydrogens (tertiary/aromatic N) is 1. The van der Waals surface area contributed by atoms with Gasteiger partial charge < -0.3 is 4.74 Å². The van der Waals surface area contributed by atoms with E-state index in [-0.39, 0.29) is 4.90 Å². The Balaban J connectivity index is 1.88. The Morgan fingerprint density at radius 3 is 2.52 bits per heavy atom. The molecule has 0 aromatic heterocycles. The zero-order valence-electron chi connectivity index (χ0n) is 11.4. The lowest BCUT2D eigenvalue weighted by atomic mass is 10.2. The largest absolute Gasteiger partial charge is 0.497 e. The molecule has 0 unspecified atom stereocenters. The summed E-state index contributed by atoms with van der Waals surface area (Å²) in [6, 6.07) is 14.3. The molecule has 2 aromatic rings. The molecule has 0 saturated carbocycles. The summed E-state index contributed by atoms with van der Waals surface area (Å²) in [5.41, 5.74) is 1.60. The fraction of sp³-hybridized carbons (Fsp3) is 0.133. The van der Waals surface area contributed by atoms with Gasteiger partial charge in [-0.1, -0.05) is 24.3 Å². The van der Waals surface area contributed by atoms with Crippen LogP contribution in [-0.4, -0.2) is 21.4 Å². The molecule has 1 heterocycles. The van der Waals surface area contributed by atoms with Crippen LogP contribution < -0.4 is 9.46 Å². The highest BCUT2D eigenvalue weighted by molar-refractivity contribution is 7.90. The normalized spacial score (nSPS) is 17.3. The minimum Gasteiger partial charge on any atom is -0.497 e. The van der Waals surface area contributed by atoms with Crippen molar-refractivity contribution in [1.29, 1.82) is 0 Å². The standard InChI is InChI=1S/C15H14N2O3S/c1-20-12-8-6-11(7-9-12)10-16-15-13-4-2-3-5-14(13)21(18,19)17-15/h2-9H,10H2,1H3,(H,16,17). The molecule has 108 valence electrons. The van der Waals surface area contributed by atoms with Crippen molar-refractivity contribution in [2.75, 3.05) is 7.11 Å². The van der Waals surface area contributed by atoms with Gasteiger partial charge in [-0.25, -0.2) is 8.42 Å². The number of aliphatic imine (C=N–C) groups is 1. The summed E-state index contributed by atoms with van der Waals surface area (Å²) in [4.78, 5) is 4.65. The first kappa shape index (κ1) is 13.6. The Kier molecular flexibility index (Phi) is 3.39. The Morgan fingerprint density at radius 2 is 1.81 bits per heavy atom. The summed E-state index contributed by atoms with van der Waals surface area (Å²) in [5.74, 6) is 1.17. The van der Waals surface area contributed by atoms with Crippen molar-refractivity contribution in [2.45, 2.75) is 11.4 Å². The minimum absolute atomic E-state index is 0.276. The molecule has 1 N–H and O–H groups in total. The second-order valence-electron chi connectivity index (χ2n) is 4.61. The first-order chi connectivity index (χ1) is 10.1. The number of benzene rings is 2. The van der Waals surface area contributed by atoms with Gasteiger partial charge >= 0.3 is 0 Å². The van der Waals surface area contributed by atoms with Crippen LogP contribution in [0.3, 0.4) is 0 Å². The summed E-state index contributed by atoms with van der Waals surface area (Å²) in [5, 5.41) is 0. The highest BCUT2D eigenvalue weighted by atomic mass is 32.2. The quantitative estimate of drug-likeness (QED) is 0.942. The third-order valence-electron chi connectivity index (χ3n) is 3.24. The maximum atomic E-state index is 11.9. The molecule has 0 aliphatic carbocycles. The smallest absolute Gasteiger partial charge is 0.263 e. The van der Waals surface area contributed by atoms with Gasteiger partial charge in [-0.15, -0.1) is 0 Å². The minimum atomic E-state index is -3.47. The predicted molar refractivity (Wildman–Crippen MR) is 80.0 cm³/mol. The number of sulfonamides is 1. The Bertz CT molecular complexity index is 796. The van der Waals surface area contributed by atoms with Crippen LogP contribution in [0.1, 0.15) is 11.1 Å². The summed E-state index contributed by atoms with van der Waals surface area (Å²) in [6.45, 7) is 0.399. The van der Waals surface area contributed by atoms with E-state index < -0.39 is 10.0 Å². The molecular formula is C15H14N2O3S. The van der Waals surface area contributed by atoms with E-state index in [2.05, 4.69) is 9.71 Å². The number of fused-ring (bicyclic) bond motifs is 1. The summed E-state index contributed by atoms with van der Waals surface area (Å²) >= 11 is 0. The number of methoxy groups -OCH3 is 1. The van der Waals surface area contributed by atoms with Crippen molar-refractivity contribution in [2.24, 2.45) is 4.99 Å². The van der Waals surface area contributed by atoms with E-state index in [1.54, 1.807) is 31.4 Å². The average molecular weight is 302 g/mol. The van der Waals surface area contributed by atoms with Crippen LogP contribution in [0.25, 0.3) is 0 Å². The third-order valence-corrected chi connectivity index (χ3v) is 4.64. The summed E-state index contributed by atoms with van der Waals surface area (Å²) in [7, 11) is -1.86. The van der Waals surface area contributed by atoms with Gasteiger partial charge in [0.1, 0.15) is 11.6 Å². The molecule has 0 bridgehead atoms. The zero-order chi connectivity index (χ0) is 14.9. The highest BCUT2D eigenvalue weighted by Gasteiger charge is 2.29. The Morgan fingerprint density at radius 1 is 1.10 bits per heavy atom. The molecule has 6 heteroatoms. The lowest BCUT2D eigenvalue weighted by molar-refractivity contribution is 0.414. The topological polar surface area (TPSA) is 67.8 Å². The maximum Gasteiger partial charge on any atom is 0.263 e. The zero-order valence-corrected chi connectivity index (χ0v) is 12.2. The Labute approximate surface area is 123 Å². The first-order valence-electron chi connectivity index (χ1n) is 6.40. The molecule has 1 aliphatic heterocycles. The van der Waals surface area contributed by atoms with Gasteiger partial charge in [0.2, 0.25) is 0 Å². The van der Waals surface area contributed by atoms with Crippen molar-refractivity contribution in [3.63, 3.8) is 0 Å². The molecular weight excluding hydrogens is 288 g/mol. The van der Waals surface area contributed by atoms with Crippen molar-refractivity contribution >= 4 is 15.9 Å². The monoisotopic (exact) mass is 302 g/mol. The fourth-order valence-electron chi connectivity index (χ4n) is 2.15. The van der Waals surface area contributed by atoms with Gasteiger partial charge in [-0.3, -0.25) is 9.71 Å². The van der Waals surface area contributed by atoms with Crippen LogP contribution in [0, 0.1) is 0 Å². The van der Waals surface area contributed by atoms with Gasteiger partial charge in [0.05, 0.1) is 18.6 Å². The second kappa shape index (κ2) is 5.21. The van der Waals surface area contributed by atoms with Gasteiger partial charge in [0, 0.05) is 5.56 Å². The molecule has 2 aromatic carbocycles. The highest BCUT2D eigenvalue weighted by Crippen LogP contribution is 2.22. The van der Waals surface area contributed by atoms with Crippen LogP contribution in [0.15, 0.2) is 58.4 Å². The number of nitrogens with one attached hydrogen (secondary N) is 1. The van der Waals surface area contributed by atoms with Crippen molar-refractivity contribution in [3.8, 4) is 5.75 Å². The van der Waals surface area contributed by atoms with Crippen LogP contribution in [0.2, 0.25) is 0 Å². The van der Waals surface area contributed by atoms with E-state index >= 15 is 0 Å². The number of hydrogen-bond acceptors (Lipinski definition) is 4. The van der Waals surface area contributed by atoms with Gasteiger partial charge in [0.25, 0.3) is 10.0 Å². The number of rotatable bonds is 3. The number of ether oxygens (including phenoxy) is 1. The third kappa shape index (κ3) is 2.62. The molecule has 0 saturated heterocycles. The number of amidine groups is 1. The van der Waals surface area contributed by atoms with E-state index in [0.717, 1.165) is 11.3 Å². The Hall–Kier alpha value is -2.34.